The zero-order valence-electron chi connectivity index (χ0n) is 12.4. The number of aliphatic hydroxyl groups is 1. The second kappa shape index (κ2) is 5.69. The van der Waals surface area contributed by atoms with Crippen LogP contribution in [0, 0.1) is 19.7 Å². The molecule has 0 fully saturated rings. The van der Waals surface area contributed by atoms with Crippen LogP contribution in [-0.4, -0.2) is 20.1 Å². The number of nitrogens with zero attached hydrogens (tertiary/aromatic N) is 3. The lowest BCUT2D eigenvalue weighted by molar-refractivity contribution is 0.277. The summed E-state index contributed by atoms with van der Waals surface area (Å²) >= 11 is 0. The van der Waals surface area contributed by atoms with E-state index in [0.29, 0.717) is 22.6 Å². The molecule has 0 bridgehead atoms. The zero-order chi connectivity index (χ0) is 15.7. The van der Waals surface area contributed by atoms with Crippen molar-refractivity contribution in [3.8, 4) is 16.9 Å². The van der Waals surface area contributed by atoms with Gasteiger partial charge < -0.3 is 5.11 Å². The van der Waals surface area contributed by atoms with Crippen LogP contribution in [0.1, 0.15) is 16.8 Å². The molecule has 2 aromatic carbocycles. The Hall–Kier alpha value is -2.53. The van der Waals surface area contributed by atoms with E-state index < -0.39 is 0 Å². The molecule has 5 heteroatoms. The average molecular weight is 297 g/mol. The van der Waals surface area contributed by atoms with E-state index in [9.17, 15) is 9.50 Å². The normalized spacial score (nSPS) is 10.9. The van der Waals surface area contributed by atoms with Gasteiger partial charge in [0.2, 0.25) is 0 Å². The lowest BCUT2D eigenvalue weighted by atomic mass is 10.1. The Bertz CT molecular complexity index is 809. The quantitative estimate of drug-likeness (QED) is 0.808. The van der Waals surface area contributed by atoms with Crippen LogP contribution >= 0.6 is 0 Å². The van der Waals surface area contributed by atoms with Gasteiger partial charge in [-0.25, -0.2) is 9.07 Å². The molecule has 1 aromatic heterocycles. The highest BCUT2D eigenvalue weighted by Gasteiger charge is 2.16. The standard InChI is InChI=1S/C17H16FN3O/c1-11-3-6-13(7-4-11)17-16(10-22)19-20-21(17)14-8-5-12(2)15(18)9-14/h3-9,22H,10H2,1-2H3. The Labute approximate surface area is 127 Å². The molecule has 3 rings (SSSR count). The molecule has 0 aliphatic rings. The van der Waals surface area contributed by atoms with E-state index in [1.165, 1.54) is 6.07 Å². The molecule has 0 aliphatic heterocycles. The molecule has 1 N–H and O–H groups in total. The van der Waals surface area contributed by atoms with Crippen LogP contribution in [0.5, 0.6) is 0 Å². The Morgan fingerprint density at radius 1 is 1.09 bits per heavy atom. The van der Waals surface area contributed by atoms with Crippen LogP contribution < -0.4 is 0 Å². The first-order valence-electron chi connectivity index (χ1n) is 6.99. The van der Waals surface area contributed by atoms with Crippen molar-refractivity contribution in [1.82, 2.24) is 15.0 Å². The van der Waals surface area contributed by atoms with Crippen LogP contribution in [0.4, 0.5) is 4.39 Å². The molecule has 4 nitrogen and oxygen atoms in total. The van der Waals surface area contributed by atoms with E-state index >= 15 is 0 Å². The SMILES string of the molecule is Cc1ccc(-c2c(CO)nnn2-c2ccc(C)c(F)c2)cc1. The summed E-state index contributed by atoms with van der Waals surface area (Å²) in [6, 6.07) is 12.7. The minimum atomic E-state index is -0.298. The Morgan fingerprint density at radius 2 is 1.82 bits per heavy atom. The van der Waals surface area contributed by atoms with Gasteiger partial charge in [0.1, 0.15) is 17.2 Å². The van der Waals surface area contributed by atoms with Crippen LogP contribution in [0.2, 0.25) is 0 Å². The Balaban J connectivity index is 2.18. The largest absolute Gasteiger partial charge is 0.390 e. The highest BCUT2D eigenvalue weighted by molar-refractivity contribution is 5.64. The van der Waals surface area contributed by atoms with E-state index in [1.54, 1.807) is 23.7 Å². The summed E-state index contributed by atoms with van der Waals surface area (Å²) < 4.78 is 15.4. The molecular weight excluding hydrogens is 281 g/mol. The molecule has 0 unspecified atom stereocenters. The van der Waals surface area contributed by atoms with Gasteiger partial charge in [0, 0.05) is 5.56 Å². The van der Waals surface area contributed by atoms with Gasteiger partial charge in [-0.3, -0.25) is 0 Å². The number of aryl methyl sites for hydroxylation is 2. The lowest BCUT2D eigenvalue weighted by Gasteiger charge is -2.09. The summed E-state index contributed by atoms with van der Waals surface area (Å²) in [4.78, 5) is 0. The molecular formula is C17H16FN3O. The maximum atomic E-state index is 13.8. The van der Waals surface area contributed by atoms with E-state index in [-0.39, 0.29) is 12.4 Å². The van der Waals surface area contributed by atoms with Gasteiger partial charge in [-0.2, -0.15) is 0 Å². The predicted molar refractivity (Wildman–Crippen MR) is 82.1 cm³/mol. The van der Waals surface area contributed by atoms with Gasteiger partial charge in [0.25, 0.3) is 0 Å². The summed E-state index contributed by atoms with van der Waals surface area (Å²) in [7, 11) is 0. The maximum absolute atomic E-state index is 13.8. The van der Waals surface area contributed by atoms with Gasteiger partial charge in [0.05, 0.1) is 12.3 Å². The first-order chi connectivity index (χ1) is 10.6. The van der Waals surface area contributed by atoms with E-state index in [1.807, 2.05) is 31.2 Å². The highest BCUT2D eigenvalue weighted by atomic mass is 19.1. The molecule has 112 valence electrons. The van der Waals surface area contributed by atoms with Crippen LogP contribution in [0.15, 0.2) is 42.5 Å². The van der Waals surface area contributed by atoms with Crippen LogP contribution in [-0.2, 0) is 6.61 Å². The Morgan fingerprint density at radius 3 is 2.45 bits per heavy atom. The van der Waals surface area contributed by atoms with Crippen molar-refractivity contribution in [3.05, 3.63) is 65.1 Å². The molecule has 0 atom stereocenters. The number of hydrogen-bond donors (Lipinski definition) is 1. The molecule has 0 radical (unpaired) electrons. The molecule has 0 amide bonds. The summed E-state index contributed by atoms with van der Waals surface area (Å²) in [5, 5.41) is 17.6. The first kappa shape index (κ1) is 14.4. The van der Waals surface area contributed by atoms with Crippen molar-refractivity contribution < 1.29 is 9.50 Å². The topological polar surface area (TPSA) is 50.9 Å². The van der Waals surface area contributed by atoms with Gasteiger partial charge in [-0.15, -0.1) is 5.10 Å². The van der Waals surface area contributed by atoms with Crippen LogP contribution in [0.3, 0.4) is 0 Å². The van der Waals surface area contributed by atoms with Gasteiger partial charge in [0.15, 0.2) is 0 Å². The van der Waals surface area contributed by atoms with Crippen molar-refractivity contribution in [2.45, 2.75) is 20.5 Å². The second-order valence-corrected chi connectivity index (χ2v) is 5.25. The third-order valence-electron chi connectivity index (χ3n) is 3.61. The summed E-state index contributed by atoms with van der Waals surface area (Å²) in [6.45, 7) is 3.49. The smallest absolute Gasteiger partial charge is 0.128 e. The van der Waals surface area contributed by atoms with E-state index in [2.05, 4.69) is 10.3 Å². The molecule has 0 aliphatic carbocycles. The predicted octanol–water partition coefficient (Wildman–Crippen LogP) is 3.18. The molecule has 0 spiro atoms. The zero-order valence-corrected chi connectivity index (χ0v) is 12.4. The van der Waals surface area contributed by atoms with Crippen LogP contribution in [0.25, 0.3) is 16.9 Å². The van der Waals surface area contributed by atoms with Crippen molar-refractivity contribution in [3.63, 3.8) is 0 Å². The summed E-state index contributed by atoms with van der Waals surface area (Å²) in [5.41, 5.74) is 4.29. The third kappa shape index (κ3) is 2.51. The molecule has 0 saturated heterocycles. The fourth-order valence-electron chi connectivity index (χ4n) is 2.31. The monoisotopic (exact) mass is 297 g/mol. The minimum Gasteiger partial charge on any atom is -0.390 e. The molecule has 3 aromatic rings. The molecule has 0 saturated carbocycles. The van der Waals surface area contributed by atoms with Crippen molar-refractivity contribution >= 4 is 0 Å². The highest BCUT2D eigenvalue weighted by Crippen LogP contribution is 2.26. The summed E-state index contributed by atoms with van der Waals surface area (Å²) in [6.07, 6.45) is 0. The number of aromatic nitrogens is 3. The maximum Gasteiger partial charge on any atom is 0.128 e. The second-order valence-electron chi connectivity index (χ2n) is 5.25. The third-order valence-corrected chi connectivity index (χ3v) is 3.61. The van der Waals surface area contributed by atoms with Gasteiger partial charge in [-0.1, -0.05) is 41.1 Å². The fourth-order valence-corrected chi connectivity index (χ4v) is 2.31. The minimum absolute atomic E-state index is 0.225. The number of aliphatic hydroxyl groups excluding tert-OH is 1. The van der Waals surface area contributed by atoms with Crippen molar-refractivity contribution in [1.29, 1.82) is 0 Å². The molecule has 22 heavy (non-hydrogen) atoms. The number of benzene rings is 2. The number of halogens is 1. The van der Waals surface area contributed by atoms with E-state index in [4.69, 9.17) is 0 Å². The molecule has 1 heterocycles. The number of hydrogen-bond acceptors (Lipinski definition) is 3. The van der Waals surface area contributed by atoms with E-state index in [0.717, 1.165) is 11.1 Å². The summed E-state index contributed by atoms with van der Waals surface area (Å²) in [5.74, 6) is -0.298. The Kier molecular flexibility index (Phi) is 3.73. The number of rotatable bonds is 3. The van der Waals surface area contributed by atoms with Crippen molar-refractivity contribution in [2.24, 2.45) is 0 Å². The van der Waals surface area contributed by atoms with Crippen molar-refractivity contribution in [2.75, 3.05) is 0 Å². The van der Waals surface area contributed by atoms with Gasteiger partial charge in [-0.05, 0) is 31.5 Å². The van der Waals surface area contributed by atoms with Gasteiger partial charge >= 0.3 is 0 Å². The fraction of sp³-hybridized carbons (Fsp3) is 0.176. The lowest BCUT2D eigenvalue weighted by Crippen LogP contribution is -2.01. The first-order valence-corrected chi connectivity index (χ1v) is 6.99. The average Bonchev–Trinajstić information content (AvgIpc) is 2.95.